The molecule has 1 aliphatic rings. The summed E-state index contributed by atoms with van der Waals surface area (Å²) in [4.78, 5) is 13.0. The Kier molecular flexibility index (Phi) is 5.66. The van der Waals surface area contributed by atoms with Crippen LogP contribution in [0.2, 0.25) is 0 Å². The van der Waals surface area contributed by atoms with Crippen LogP contribution in [-0.4, -0.2) is 51.4 Å². The average Bonchev–Trinajstić information content (AvgIpc) is 3.14. The second-order valence-electron chi connectivity index (χ2n) is 5.94. The molecule has 0 unspecified atom stereocenters. The number of rotatable bonds is 5. The van der Waals surface area contributed by atoms with Crippen molar-refractivity contribution in [1.82, 2.24) is 4.31 Å². The maximum absolute atomic E-state index is 13.2. The highest BCUT2D eigenvalue weighted by molar-refractivity contribution is 7.91. The van der Waals surface area contributed by atoms with Gasteiger partial charge >= 0.3 is 0 Å². The van der Waals surface area contributed by atoms with Crippen molar-refractivity contribution in [1.29, 1.82) is 0 Å². The van der Waals surface area contributed by atoms with Crippen LogP contribution in [0.3, 0.4) is 0 Å². The van der Waals surface area contributed by atoms with Crippen LogP contribution in [0.4, 0.5) is 14.5 Å². The molecule has 6 nitrogen and oxygen atoms in total. The molecule has 2 aromatic rings. The van der Waals surface area contributed by atoms with E-state index in [0.29, 0.717) is 30.4 Å². The summed E-state index contributed by atoms with van der Waals surface area (Å²) in [6.45, 7) is 1.78. The molecule has 1 fully saturated rings. The predicted octanol–water partition coefficient (Wildman–Crippen LogP) is 0.554. The molecule has 1 saturated heterocycles. The highest BCUT2D eigenvalue weighted by Gasteiger charge is 2.31. The lowest BCUT2D eigenvalue weighted by atomic mass is 10.3. The molecule has 1 aromatic carbocycles. The Morgan fingerprint density at radius 2 is 1.92 bits per heavy atom. The quantitative estimate of drug-likeness (QED) is 0.768. The lowest BCUT2D eigenvalue weighted by molar-refractivity contribution is -0.895. The summed E-state index contributed by atoms with van der Waals surface area (Å²) in [7, 11) is -3.47. The Bertz CT molecular complexity index is 880. The zero-order chi connectivity index (χ0) is 18.7. The molecule has 0 spiro atoms. The number of hydrogen-bond donors (Lipinski definition) is 2. The van der Waals surface area contributed by atoms with Crippen LogP contribution >= 0.6 is 11.3 Å². The first kappa shape index (κ1) is 18.9. The van der Waals surface area contributed by atoms with Gasteiger partial charge in [0.15, 0.2) is 18.2 Å². The van der Waals surface area contributed by atoms with Crippen molar-refractivity contribution in [2.75, 3.05) is 38.0 Å². The molecule has 3 rings (SSSR count). The van der Waals surface area contributed by atoms with Crippen molar-refractivity contribution >= 4 is 33.0 Å². The molecule has 0 atom stereocenters. The van der Waals surface area contributed by atoms with Crippen molar-refractivity contribution in [2.24, 2.45) is 0 Å². The second kappa shape index (κ2) is 7.78. The van der Waals surface area contributed by atoms with Crippen molar-refractivity contribution in [3.63, 3.8) is 0 Å². The molecule has 2 heterocycles. The first-order valence-electron chi connectivity index (χ1n) is 7.98. The van der Waals surface area contributed by atoms with Crippen molar-refractivity contribution in [2.45, 2.75) is 4.21 Å². The summed E-state index contributed by atoms with van der Waals surface area (Å²) in [6.07, 6.45) is 0. The molecule has 140 valence electrons. The van der Waals surface area contributed by atoms with Gasteiger partial charge in [0.2, 0.25) is 0 Å². The van der Waals surface area contributed by atoms with E-state index in [1.54, 1.807) is 17.5 Å². The van der Waals surface area contributed by atoms with Crippen LogP contribution in [0.1, 0.15) is 0 Å². The fraction of sp³-hybridized carbons (Fsp3) is 0.312. The first-order chi connectivity index (χ1) is 12.4. The average molecular weight is 402 g/mol. The van der Waals surface area contributed by atoms with E-state index in [4.69, 9.17) is 0 Å². The van der Waals surface area contributed by atoms with Crippen LogP contribution in [-0.2, 0) is 14.8 Å². The number of nitrogens with zero attached hydrogens (tertiary/aromatic N) is 1. The van der Waals surface area contributed by atoms with E-state index < -0.39 is 21.7 Å². The number of amides is 1. The molecule has 0 bridgehead atoms. The van der Waals surface area contributed by atoms with Crippen LogP contribution in [0.5, 0.6) is 0 Å². The molecular weight excluding hydrogens is 384 g/mol. The number of thiophene rings is 1. The normalized spacial score (nSPS) is 16.5. The third-order valence-electron chi connectivity index (χ3n) is 4.13. The number of anilines is 1. The van der Waals surface area contributed by atoms with Crippen LogP contribution in [0.25, 0.3) is 0 Å². The van der Waals surface area contributed by atoms with Gasteiger partial charge in [-0.15, -0.1) is 11.3 Å². The van der Waals surface area contributed by atoms with Gasteiger partial charge in [-0.25, -0.2) is 17.2 Å². The van der Waals surface area contributed by atoms with Gasteiger partial charge in [-0.1, -0.05) is 6.07 Å². The lowest BCUT2D eigenvalue weighted by Gasteiger charge is -2.30. The van der Waals surface area contributed by atoms with Gasteiger partial charge in [-0.2, -0.15) is 4.31 Å². The van der Waals surface area contributed by atoms with Crippen LogP contribution < -0.4 is 10.2 Å². The molecule has 1 amide bonds. The van der Waals surface area contributed by atoms with Gasteiger partial charge in [-0.3, -0.25) is 4.79 Å². The van der Waals surface area contributed by atoms with E-state index in [9.17, 15) is 22.0 Å². The smallest absolute Gasteiger partial charge is 0.279 e. The number of benzene rings is 1. The van der Waals surface area contributed by atoms with Gasteiger partial charge in [0.05, 0.1) is 26.2 Å². The van der Waals surface area contributed by atoms with Crippen LogP contribution in [0.15, 0.2) is 39.9 Å². The summed E-state index contributed by atoms with van der Waals surface area (Å²) >= 11 is 1.18. The molecule has 2 N–H and O–H groups in total. The fourth-order valence-corrected chi connectivity index (χ4v) is 5.35. The number of piperazine rings is 1. The maximum Gasteiger partial charge on any atom is 0.279 e. The van der Waals surface area contributed by atoms with E-state index >= 15 is 0 Å². The van der Waals surface area contributed by atoms with E-state index in [1.807, 2.05) is 0 Å². The summed E-state index contributed by atoms with van der Waals surface area (Å²) in [5, 5.41) is 4.24. The second-order valence-corrected chi connectivity index (χ2v) is 9.05. The SMILES string of the molecule is O=C(C[NH+]1CCN(S(=O)(=O)c2cccs2)CC1)Nc1ccc(F)c(F)c1. The Labute approximate surface area is 154 Å². The van der Waals surface area contributed by atoms with E-state index in [-0.39, 0.29) is 18.1 Å². The summed E-state index contributed by atoms with van der Waals surface area (Å²) < 4.78 is 52.7. The van der Waals surface area contributed by atoms with Gasteiger partial charge in [0.25, 0.3) is 15.9 Å². The number of nitrogens with one attached hydrogen (secondary N) is 2. The monoisotopic (exact) mass is 402 g/mol. The number of sulfonamides is 1. The maximum atomic E-state index is 13.2. The van der Waals surface area contributed by atoms with E-state index in [1.165, 1.54) is 21.7 Å². The summed E-state index contributed by atoms with van der Waals surface area (Å²) in [5.74, 6) is -2.33. The molecule has 0 radical (unpaired) electrons. The van der Waals surface area contributed by atoms with Gasteiger partial charge in [-0.05, 0) is 23.6 Å². The third-order valence-corrected chi connectivity index (χ3v) is 7.40. The minimum atomic E-state index is -3.47. The molecule has 10 heteroatoms. The molecule has 1 aliphatic heterocycles. The van der Waals surface area contributed by atoms with Gasteiger partial charge < -0.3 is 10.2 Å². The molecular formula is C16H18F2N3O3S2+. The Morgan fingerprint density at radius 1 is 1.19 bits per heavy atom. The van der Waals surface area contributed by atoms with Crippen molar-refractivity contribution in [3.8, 4) is 0 Å². The molecule has 26 heavy (non-hydrogen) atoms. The predicted molar refractivity (Wildman–Crippen MR) is 93.6 cm³/mol. The Morgan fingerprint density at radius 3 is 2.54 bits per heavy atom. The van der Waals surface area contributed by atoms with Gasteiger partial charge in [0, 0.05) is 11.8 Å². The highest BCUT2D eigenvalue weighted by atomic mass is 32.2. The van der Waals surface area contributed by atoms with Crippen molar-refractivity contribution in [3.05, 3.63) is 47.3 Å². The molecule has 0 aliphatic carbocycles. The minimum Gasteiger partial charge on any atom is -0.325 e. The first-order valence-corrected chi connectivity index (χ1v) is 10.3. The number of carbonyl (C=O) groups is 1. The van der Waals surface area contributed by atoms with Crippen LogP contribution in [0, 0.1) is 11.6 Å². The fourth-order valence-electron chi connectivity index (χ4n) is 2.76. The van der Waals surface area contributed by atoms with Crippen molar-refractivity contribution < 1.29 is 26.9 Å². The van der Waals surface area contributed by atoms with Gasteiger partial charge in [0.1, 0.15) is 4.21 Å². The number of carbonyl (C=O) groups excluding carboxylic acids is 1. The third kappa shape index (κ3) is 4.26. The number of hydrogen-bond acceptors (Lipinski definition) is 4. The highest BCUT2D eigenvalue weighted by Crippen LogP contribution is 2.20. The standard InChI is InChI=1S/C16H17F2N3O3S2/c17-13-4-3-12(10-14(13)18)19-15(22)11-20-5-7-21(8-6-20)26(23,24)16-2-1-9-25-16/h1-4,9-10H,5-8,11H2,(H,19,22)/p+1. The Balaban J connectivity index is 1.52. The molecule has 0 saturated carbocycles. The van der Waals surface area contributed by atoms with E-state index in [2.05, 4.69) is 5.32 Å². The zero-order valence-electron chi connectivity index (χ0n) is 13.7. The molecule has 1 aromatic heterocycles. The van der Waals surface area contributed by atoms with E-state index in [0.717, 1.165) is 17.0 Å². The zero-order valence-corrected chi connectivity index (χ0v) is 15.4. The Hall–Kier alpha value is -1.88. The summed E-state index contributed by atoms with van der Waals surface area (Å²) in [5.41, 5.74) is 0.187. The summed E-state index contributed by atoms with van der Waals surface area (Å²) in [6, 6.07) is 6.44. The topological polar surface area (TPSA) is 70.9 Å². The number of quaternary nitrogens is 1. The lowest BCUT2D eigenvalue weighted by Crippen LogP contribution is -3.15. The largest absolute Gasteiger partial charge is 0.325 e. The number of halogens is 2. The minimum absolute atomic E-state index is 0.131.